The van der Waals surface area contributed by atoms with Crippen LogP contribution in [0.4, 0.5) is 11.5 Å². The molecule has 0 spiro atoms. The number of ether oxygens (including phenoxy) is 1. The highest BCUT2D eigenvalue weighted by atomic mass is 16.5. The molecule has 0 unspecified atom stereocenters. The monoisotopic (exact) mass is 584 g/mol. The minimum Gasteiger partial charge on any atom is -0.462 e. The molecule has 6 rings (SSSR count). The molecule has 0 saturated carbocycles. The zero-order chi connectivity index (χ0) is 29.9. The molecule has 228 valence electrons. The van der Waals surface area contributed by atoms with Gasteiger partial charge in [0.2, 0.25) is 5.91 Å². The first kappa shape index (κ1) is 29.4. The van der Waals surface area contributed by atoms with Crippen LogP contribution >= 0.6 is 0 Å². The molecule has 4 aliphatic heterocycles. The Morgan fingerprint density at radius 3 is 2.67 bits per heavy atom. The summed E-state index contributed by atoms with van der Waals surface area (Å²) in [7, 11) is 4.34. The molecule has 10 heteroatoms. The number of carbonyl (C=O) groups is 1. The van der Waals surface area contributed by atoms with Crippen LogP contribution in [0.3, 0.4) is 0 Å². The summed E-state index contributed by atoms with van der Waals surface area (Å²) in [5.74, 6) is 0.770. The van der Waals surface area contributed by atoms with Crippen molar-refractivity contribution in [2.24, 2.45) is 0 Å². The van der Waals surface area contributed by atoms with Crippen LogP contribution in [0.1, 0.15) is 41.6 Å². The van der Waals surface area contributed by atoms with Crippen molar-refractivity contribution in [2.45, 2.75) is 57.2 Å². The smallest absolute Gasteiger partial charge is 0.318 e. The molecule has 1 amide bonds. The minimum atomic E-state index is -0.220. The molecule has 43 heavy (non-hydrogen) atoms. The van der Waals surface area contributed by atoms with E-state index in [0.29, 0.717) is 38.3 Å². The number of piperazine rings is 1. The topological polar surface area (TPSA) is 92.1 Å². The molecule has 10 nitrogen and oxygen atoms in total. The van der Waals surface area contributed by atoms with Crippen LogP contribution in [-0.2, 0) is 30.6 Å². The Morgan fingerprint density at radius 1 is 1.05 bits per heavy atom. The van der Waals surface area contributed by atoms with Crippen molar-refractivity contribution in [1.82, 2.24) is 24.7 Å². The van der Waals surface area contributed by atoms with Crippen molar-refractivity contribution in [1.29, 1.82) is 5.26 Å². The summed E-state index contributed by atoms with van der Waals surface area (Å²) in [5.41, 5.74) is 6.46. The van der Waals surface area contributed by atoms with Gasteiger partial charge >= 0.3 is 6.01 Å². The van der Waals surface area contributed by atoms with Gasteiger partial charge in [-0.05, 0) is 69.6 Å². The summed E-state index contributed by atoms with van der Waals surface area (Å²) in [6, 6.07) is 9.61. The number of rotatable bonds is 7. The number of nitrogens with zero attached hydrogens (tertiary/aromatic N) is 8. The molecule has 2 aromatic rings. The van der Waals surface area contributed by atoms with Crippen molar-refractivity contribution >= 4 is 17.4 Å². The maximum absolute atomic E-state index is 12.6. The summed E-state index contributed by atoms with van der Waals surface area (Å²) in [4.78, 5) is 33.9. The van der Waals surface area contributed by atoms with Crippen molar-refractivity contribution in [2.75, 3.05) is 76.3 Å². The number of fused-ring (bicyclic) bond motifs is 2. The van der Waals surface area contributed by atoms with Crippen molar-refractivity contribution < 1.29 is 9.53 Å². The SMILES string of the molecule is C=CC(=O)N1CCN(c2nc(OC[C@@H]3CCCN3C)nc3c2CCN(c2cccc4c2CCN(C)C4)CC3)C[C@@H]1CC#N. The Hall–Kier alpha value is -3.68. The third kappa shape index (κ3) is 6.20. The fraction of sp³-hybridized carbons (Fsp3) is 0.576. The lowest BCUT2D eigenvalue weighted by Gasteiger charge is -2.41. The van der Waals surface area contributed by atoms with E-state index in [2.05, 4.69) is 64.5 Å². The van der Waals surface area contributed by atoms with Gasteiger partial charge in [-0.2, -0.15) is 15.2 Å². The molecule has 2 atom stereocenters. The van der Waals surface area contributed by atoms with Crippen LogP contribution in [0, 0.1) is 11.3 Å². The minimum absolute atomic E-state index is 0.126. The molecule has 5 heterocycles. The van der Waals surface area contributed by atoms with Crippen LogP contribution in [0.2, 0.25) is 0 Å². The maximum Gasteiger partial charge on any atom is 0.318 e. The summed E-state index contributed by atoms with van der Waals surface area (Å²) in [6.07, 6.45) is 6.62. The molecular weight excluding hydrogens is 540 g/mol. The molecule has 0 radical (unpaired) electrons. The van der Waals surface area contributed by atoms with E-state index in [1.54, 1.807) is 4.90 Å². The summed E-state index contributed by atoms with van der Waals surface area (Å²) in [5, 5.41) is 9.56. The van der Waals surface area contributed by atoms with Crippen molar-refractivity contribution in [3.8, 4) is 12.1 Å². The van der Waals surface area contributed by atoms with E-state index < -0.39 is 0 Å². The second-order valence-corrected chi connectivity index (χ2v) is 12.4. The summed E-state index contributed by atoms with van der Waals surface area (Å²) in [6.45, 7) is 10.9. The fourth-order valence-electron chi connectivity index (χ4n) is 7.25. The second kappa shape index (κ2) is 12.9. The Labute approximate surface area is 255 Å². The first-order valence-electron chi connectivity index (χ1n) is 15.8. The van der Waals surface area contributed by atoms with E-state index in [9.17, 15) is 10.1 Å². The predicted molar refractivity (Wildman–Crippen MR) is 167 cm³/mol. The van der Waals surface area contributed by atoms with Crippen LogP contribution in [0.5, 0.6) is 6.01 Å². The number of benzene rings is 1. The van der Waals surface area contributed by atoms with Crippen LogP contribution in [0.25, 0.3) is 0 Å². The third-order valence-corrected chi connectivity index (χ3v) is 9.72. The number of nitriles is 1. The van der Waals surface area contributed by atoms with E-state index in [1.807, 2.05) is 0 Å². The van der Waals surface area contributed by atoms with Gasteiger partial charge < -0.3 is 29.2 Å². The molecule has 0 bridgehead atoms. The van der Waals surface area contributed by atoms with Gasteiger partial charge in [-0.15, -0.1) is 0 Å². The van der Waals surface area contributed by atoms with Gasteiger partial charge in [-0.1, -0.05) is 18.7 Å². The Kier molecular flexibility index (Phi) is 8.82. The van der Waals surface area contributed by atoms with Gasteiger partial charge in [0.15, 0.2) is 0 Å². The molecule has 1 aromatic heterocycles. The number of carbonyl (C=O) groups excluding carboxylic acids is 1. The van der Waals surface area contributed by atoms with Crippen LogP contribution in [0.15, 0.2) is 30.9 Å². The van der Waals surface area contributed by atoms with E-state index in [-0.39, 0.29) is 18.4 Å². The van der Waals surface area contributed by atoms with Crippen molar-refractivity contribution in [3.63, 3.8) is 0 Å². The average Bonchev–Trinajstić information content (AvgIpc) is 3.31. The van der Waals surface area contributed by atoms with E-state index in [4.69, 9.17) is 14.7 Å². The van der Waals surface area contributed by atoms with Gasteiger partial charge in [0.25, 0.3) is 0 Å². The van der Waals surface area contributed by atoms with Crippen LogP contribution in [-0.4, -0.2) is 109 Å². The van der Waals surface area contributed by atoms with Gasteiger partial charge in [0, 0.05) is 69.5 Å². The number of aromatic nitrogens is 2. The number of anilines is 2. The second-order valence-electron chi connectivity index (χ2n) is 12.4. The molecular formula is C33H44N8O2. The Balaban J connectivity index is 1.29. The van der Waals surface area contributed by atoms with Gasteiger partial charge in [0.05, 0.1) is 24.2 Å². The molecule has 4 aliphatic rings. The van der Waals surface area contributed by atoms with Gasteiger partial charge in [-0.25, -0.2) is 0 Å². The number of likely N-dealkylation sites (N-methyl/N-ethyl adjacent to an activating group) is 2. The first-order valence-corrected chi connectivity index (χ1v) is 15.8. The molecule has 2 saturated heterocycles. The molecule has 0 aliphatic carbocycles. The summed E-state index contributed by atoms with van der Waals surface area (Å²) >= 11 is 0. The Morgan fingerprint density at radius 2 is 1.88 bits per heavy atom. The highest BCUT2D eigenvalue weighted by Gasteiger charge is 2.33. The molecule has 2 fully saturated rings. The van der Waals surface area contributed by atoms with Gasteiger partial charge in [0.1, 0.15) is 12.4 Å². The quantitative estimate of drug-likeness (QED) is 0.456. The highest BCUT2D eigenvalue weighted by molar-refractivity contribution is 5.87. The van der Waals surface area contributed by atoms with Gasteiger partial charge in [-0.3, -0.25) is 4.79 Å². The van der Waals surface area contributed by atoms with E-state index in [0.717, 1.165) is 75.5 Å². The Bertz CT molecular complexity index is 1390. The lowest BCUT2D eigenvalue weighted by molar-refractivity contribution is -0.128. The average molecular weight is 585 g/mol. The van der Waals surface area contributed by atoms with E-state index >= 15 is 0 Å². The number of amides is 1. The number of hydrogen-bond acceptors (Lipinski definition) is 9. The largest absolute Gasteiger partial charge is 0.462 e. The van der Waals surface area contributed by atoms with E-state index in [1.165, 1.54) is 29.3 Å². The fourth-order valence-corrected chi connectivity index (χ4v) is 7.25. The number of hydrogen-bond donors (Lipinski definition) is 0. The normalized spacial score (nSPS) is 22.9. The summed E-state index contributed by atoms with van der Waals surface area (Å²) < 4.78 is 6.31. The lowest BCUT2D eigenvalue weighted by atomic mass is 9.97. The maximum atomic E-state index is 12.6. The zero-order valence-corrected chi connectivity index (χ0v) is 25.7. The highest BCUT2D eigenvalue weighted by Crippen LogP contribution is 2.33. The zero-order valence-electron chi connectivity index (χ0n) is 25.7. The standard InChI is InChI=1S/C33H44N8O2/c1-4-31(42)41-20-19-40(22-25(41)10-14-34)32-28-12-17-39(30-9-5-7-24-21-37(2)16-11-27(24)30)18-13-29(28)35-33(36-32)43-23-26-8-6-15-38(26)3/h4-5,7,9,25-26H,1,6,8,10-13,15-23H2,2-3H3/t25-,26-/m0/s1. The number of likely N-dealkylation sites (tertiary alicyclic amines) is 1. The third-order valence-electron chi connectivity index (χ3n) is 9.72. The molecule has 1 aromatic carbocycles. The first-order chi connectivity index (χ1) is 20.9. The predicted octanol–water partition coefficient (Wildman–Crippen LogP) is 2.66. The van der Waals surface area contributed by atoms with Crippen LogP contribution < -0.4 is 14.5 Å². The molecule has 0 N–H and O–H groups in total. The lowest BCUT2D eigenvalue weighted by Crippen LogP contribution is -2.55. The van der Waals surface area contributed by atoms with Crippen molar-refractivity contribution in [3.05, 3.63) is 53.2 Å².